The first kappa shape index (κ1) is 16.9. The minimum atomic E-state index is -0.385. The van der Waals surface area contributed by atoms with Gasteiger partial charge in [-0.15, -0.1) is 0 Å². The summed E-state index contributed by atoms with van der Waals surface area (Å²) in [4.78, 5) is 29.7. The maximum Gasteiger partial charge on any atom is 0.243 e. The second kappa shape index (κ2) is 7.76. The molecule has 0 aliphatic carbocycles. The van der Waals surface area contributed by atoms with Gasteiger partial charge in [-0.3, -0.25) is 14.6 Å². The van der Waals surface area contributed by atoms with Crippen molar-refractivity contribution in [1.29, 1.82) is 0 Å². The molecule has 130 valence electrons. The molecule has 0 radical (unpaired) electrons. The van der Waals surface area contributed by atoms with Crippen LogP contribution in [0.15, 0.2) is 43.2 Å². The van der Waals surface area contributed by atoms with Crippen molar-refractivity contribution >= 4 is 34.0 Å². The van der Waals surface area contributed by atoms with Gasteiger partial charge in [-0.2, -0.15) is 0 Å². The van der Waals surface area contributed by atoms with E-state index in [4.69, 9.17) is 4.74 Å². The number of hydrogen-bond donors (Lipinski definition) is 2. The smallest absolute Gasteiger partial charge is 0.243 e. The second-order valence-electron chi connectivity index (χ2n) is 5.62. The van der Waals surface area contributed by atoms with Crippen molar-refractivity contribution in [3.05, 3.63) is 43.2 Å². The highest BCUT2D eigenvalue weighted by atomic mass is 16.5. The number of benzene rings is 1. The lowest BCUT2D eigenvalue weighted by Gasteiger charge is -2.30. The van der Waals surface area contributed by atoms with E-state index in [9.17, 15) is 9.59 Å². The van der Waals surface area contributed by atoms with E-state index >= 15 is 0 Å². The molecule has 2 amide bonds. The van der Waals surface area contributed by atoms with Gasteiger partial charge >= 0.3 is 0 Å². The van der Waals surface area contributed by atoms with Crippen LogP contribution in [0.3, 0.4) is 0 Å². The monoisotopic (exact) mass is 340 g/mol. The number of fused-ring (bicyclic) bond motifs is 1. The van der Waals surface area contributed by atoms with E-state index in [0.29, 0.717) is 18.9 Å². The summed E-state index contributed by atoms with van der Waals surface area (Å²) < 4.78 is 5.41. The van der Waals surface area contributed by atoms with Gasteiger partial charge < -0.3 is 20.3 Å². The third-order valence-corrected chi connectivity index (χ3v) is 4.03. The van der Waals surface area contributed by atoms with Crippen LogP contribution in [0.1, 0.15) is 0 Å². The molecule has 7 heteroatoms. The van der Waals surface area contributed by atoms with Gasteiger partial charge in [0, 0.05) is 41.9 Å². The Morgan fingerprint density at radius 1 is 1.24 bits per heavy atom. The Bertz CT molecular complexity index is 800. The number of ether oxygens (including phenoxy) is 1. The maximum absolute atomic E-state index is 12.1. The third kappa shape index (κ3) is 3.95. The molecular formula is C18H20N4O3. The van der Waals surface area contributed by atoms with E-state index in [-0.39, 0.29) is 18.4 Å². The zero-order valence-electron chi connectivity index (χ0n) is 13.8. The van der Waals surface area contributed by atoms with Crippen molar-refractivity contribution in [1.82, 2.24) is 10.3 Å². The minimum absolute atomic E-state index is 0.113. The molecule has 0 bridgehead atoms. The molecule has 3 rings (SSSR count). The van der Waals surface area contributed by atoms with Crippen molar-refractivity contribution in [3.63, 3.8) is 0 Å². The molecule has 1 aromatic heterocycles. The summed E-state index contributed by atoms with van der Waals surface area (Å²) in [5.41, 5.74) is 1.76. The molecule has 0 saturated carbocycles. The summed E-state index contributed by atoms with van der Waals surface area (Å²) >= 11 is 0. The normalized spacial score (nSPS) is 14.2. The number of carbonyl (C=O) groups excluding carboxylic acids is 2. The summed E-state index contributed by atoms with van der Waals surface area (Å²) in [5, 5.41) is 7.15. The van der Waals surface area contributed by atoms with E-state index in [0.717, 1.165) is 35.6 Å². The lowest BCUT2D eigenvalue weighted by molar-refractivity contribution is -0.121. The number of nitrogens with zero attached hydrogens (tertiary/aromatic N) is 2. The lowest BCUT2D eigenvalue weighted by Crippen LogP contribution is -2.36. The van der Waals surface area contributed by atoms with Crippen molar-refractivity contribution < 1.29 is 14.3 Å². The molecule has 2 N–H and O–H groups in total. The number of nitrogens with one attached hydrogen (secondary N) is 2. The SMILES string of the molecule is C=CC(=O)NCC(=O)Nc1ccc(N2CCOCC2)c2ccncc12. The first-order valence-electron chi connectivity index (χ1n) is 8.08. The maximum atomic E-state index is 12.1. The fraction of sp³-hybridized carbons (Fsp3) is 0.278. The fourth-order valence-electron chi connectivity index (χ4n) is 2.80. The van der Waals surface area contributed by atoms with E-state index in [2.05, 4.69) is 27.1 Å². The Hall–Kier alpha value is -2.93. The summed E-state index contributed by atoms with van der Waals surface area (Å²) in [6, 6.07) is 5.79. The lowest BCUT2D eigenvalue weighted by atomic mass is 10.1. The molecule has 1 aromatic carbocycles. The van der Waals surface area contributed by atoms with Gasteiger partial charge in [0.25, 0.3) is 0 Å². The first-order valence-corrected chi connectivity index (χ1v) is 8.08. The highest BCUT2D eigenvalue weighted by Crippen LogP contribution is 2.32. The Labute approximate surface area is 145 Å². The van der Waals surface area contributed by atoms with Crippen molar-refractivity contribution in [3.8, 4) is 0 Å². The molecule has 0 atom stereocenters. The average molecular weight is 340 g/mol. The predicted octanol–water partition coefficient (Wildman–Crippen LogP) is 1.31. The largest absolute Gasteiger partial charge is 0.378 e. The zero-order valence-corrected chi connectivity index (χ0v) is 13.8. The Morgan fingerprint density at radius 3 is 2.80 bits per heavy atom. The van der Waals surface area contributed by atoms with Gasteiger partial charge in [-0.05, 0) is 24.3 Å². The highest BCUT2D eigenvalue weighted by Gasteiger charge is 2.16. The standard InChI is InChI=1S/C18H20N4O3/c1-2-17(23)20-12-18(24)21-15-3-4-16(22-7-9-25-10-8-22)13-5-6-19-11-14(13)15/h2-6,11H,1,7-10,12H2,(H,20,23)(H,21,24). The third-order valence-electron chi connectivity index (χ3n) is 4.03. The minimum Gasteiger partial charge on any atom is -0.378 e. The second-order valence-corrected chi connectivity index (χ2v) is 5.62. The van der Waals surface area contributed by atoms with Gasteiger partial charge in [0.1, 0.15) is 0 Å². The molecule has 2 aromatic rings. The van der Waals surface area contributed by atoms with Crippen LogP contribution in [0, 0.1) is 0 Å². The van der Waals surface area contributed by atoms with E-state index < -0.39 is 0 Å². The summed E-state index contributed by atoms with van der Waals surface area (Å²) in [6.45, 7) is 6.30. The Kier molecular flexibility index (Phi) is 5.25. The van der Waals surface area contributed by atoms with Crippen LogP contribution in [-0.2, 0) is 14.3 Å². The molecule has 0 spiro atoms. The number of rotatable bonds is 5. The zero-order chi connectivity index (χ0) is 17.6. The number of anilines is 2. The first-order chi connectivity index (χ1) is 12.2. The van der Waals surface area contributed by atoms with E-state index in [1.165, 1.54) is 0 Å². The molecule has 2 heterocycles. The quantitative estimate of drug-likeness (QED) is 0.802. The Morgan fingerprint density at radius 2 is 2.04 bits per heavy atom. The van der Waals surface area contributed by atoms with Gasteiger partial charge in [-0.1, -0.05) is 6.58 Å². The molecule has 25 heavy (non-hydrogen) atoms. The number of aromatic nitrogens is 1. The number of amides is 2. The highest BCUT2D eigenvalue weighted by molar-refractivity contribution is 6.07. The summed E-state index contributed by atoms with van der Waals surface area (Å²) in [6.07, 6.45) is 4.60. The van der Waals surface area contributed by atoms with Crippen LogP contribution in [0.2, 0.25) is 0 Å². The number of morpholine rings is 1. The van der Waals surface area contributed by atoms with Crippen LogP contribution in [-0.4, -0.2) is 49.6 Å². The molecule has 1 aliphatic heterocycles. The van der Waals surface area contributed by atoms with Crippen LogP contribution in [0.5, 0.6) is 0 Å². The molecule has 1 saturated heterocycles. The van der Waals surface area contributed by atoms with Crippen LogP contribution in [0.4, 0.5) is 11.4 Å². The number of hydrogen-bond acceptors (Lipinski definition) is 5. The van der Waals surface area contributed by atoms with Gasteiger partial charge in [0.05, 0.1) is 25.4 Å². The molecule has 1 aliphatic rings. The van der Waals surface area contributed by atoms with Gasteiger partial charge in [0.15, 0.2) is 0 Å². The summed E-state index contributed by atoms with van der Waals surface area (Å²) in [5.74, 6) is -0.691. The Balaban J connectivity index is 1.83. The van der Waals surface area contributed by atoms with Crippen molar-refractivity contribution in [2.24, 2.45) is 0 Å². The summed E-state index contributed by atoms with van der Waals surface area (Å²) in [7, 11) is 0. The van der Waals surface area contributed by atoms with Crippen molar-refractivity contribution in [2.75, 3.05) is 43.1 Å². The van der Waals surface area contributed by atoms with Gasteiger partial charge in [0.2, 0.25) is 11.8 Å². The van der Waals surface area contributed by atoms with E-state index in [1.54, 1.807) is 12.4 Å². The predicted molar refractivity (Wildman–Crippen MR) is 96.6 cm³/mol. The fourth-order valence-corrected chi connectivity index (χ4v) is 2.80. The topological polar surface area (TPSA) is 83.6 Å². The molecule has 7 nitrogen and oxygen atoms in total. The molecule has 1 fully saturated rings. The molecular weight excluding hydrogens is 320 g/mol. The van der Waals surface area contributed by atoms with Crippen LogP contribution >= 0.6 is 0 Å². The van der Waals surface area contributed by atoms with Crippen LogP contribution in [0.25, 0.3) is 10.8 Å². The number of pyridine rings is 1. The molecule has 0 unspecified atom stereocenters. The van der Waals surface area contributed by atoms with Gasteiger partial charge in [-0.25, -0.2) is 0 Å². The van der Waals surface area contributed by atoms with E-state index in [1.807, 2.05) is 18.2 Å². The number of carbonyl (C=O) groups is 2. The average Bonchev–Trinajstić information content (AvgIpc) is 2.67. The van der Waals surface area contributed by atoms with Crippen molar-refractivity contribution in [2.45, 2.75) is 0 Å². The van der Waals surface area contributed by atoms with Crippen LogP contribution < -0.4 is 15.5 Å².